The van der Waals surface area contributed by atoms with E-state index >= 15 is 0 Å². The van der Waals surface area contributed by atoms with E-state index < -0.39 is 0 Å². The van der Waals surface area contributed by atoms with Crippen molar-refractivity contribution in [3.05, 3.63) is 321 Å². The lowest BCUT2D eigenvalue weighted by Gasteiger charge is -2.18. The molecule has 0 saturated heterocycles. The zero-order valence-electron chi connectivity index (χ0n) is 50.5. The first-order valence-electron chi connectivity index (χ1n) is 27.8. The average molecular weight is 1030 g/mol. The van der Waals surface area contributed by atoms with Crippen LogP contribution < -0.4 is 0 Å². The second kappa shape index (κ2) is 35.5. The molecule has 0 unspecified atom stereocenters. The van der Waals surface area contributed by atoms with Crippen LogP contribution >= 0.6 is 0 Å². The maximum atomic E-state index is 2.23. The van der Waals surface area contributed by atoms with Crippen LogP contribution in [0, 0.1) is 69.2 Å². The Morgan fingerprint density at radius 2 is 0.744 bits per heavy atom. The van der Waals surface area contributed by atoms with Crippen LogP contribution in [0.5, 0.6) is 0 Å². The Morgan fingerprint density at radius 3 is 1.21 bits per heavy atom. The third-order valence-corrected chi connectivity index (χ3v) is 13.1. The third-order valence-electron chi connectivity index (χ3n) is 13.1. The van der Waals surface area contributed by atoms with Crippen molar-refractivity contribution in [1.82, 2.24) is 0 Å². The second-order valence-corrected chi connectivity index (χ2v) is 21.0. The predicted molar refractivity (Wildman–Crippen MR) is 351 cm³/mol. The Hall–Kier alpha value is -7.80. The lowest BCUT2D eigenvalue weighted by molar-refractivity contribution is 0.590. The minimum Gasteiger partial charge on any atom is -0.0871 e. The highest BCUT2D eigenvalue weighted by atomic mass is 14.2. The van der Waals surface area contributed by atoms with Crippen molar-refractivity contribution in [2.75, 3.05) is 0 Å². The first-order valence-corrected chi connectivity index (χ1v) is 27.8. The molecule has 0 heteroatoms. The Labute approximate surface area is 474 Å². The van der Waals surface area contributed by atoms with Crippen LogP contribution in [-0.4, -0.2) is 0 Å². The molecule has 0 amide bonds. The van der Waals surface area contributed by atoms with E-state index in [-0.39, 0.29) is 5.41 Å². The van der Waals surface area contributed by atoms with E-state index in [4.69, 9.17) is 0 Å². The average Bonchev–Trinajstić information content (AvgIpc) is 3.44. The number of benzene rings is 10. The molecule has 0 atom stereocenters. The molecule has 0 heterocycles. The summed E-state index contributed by atoms with van der Waals surface area (Å²) in [4.78, 5) is 0. The standard InChI is InChI=1S/2C11H10.C11H16.C10H14.C9H12.2C9H10.C8H10/c1-9-5-4-7-10-6-2-3-8-11(9)10;1-9-6-7-10-4-2-3-5-11(10)8-9;1-9-5-7-10(8-6-9)11(2,3)4;1-7-5-8(2)10(4)9(3)6-7;1-7-4-5-8(2)9(3)6-7;2*1-2-6-9-7-4-3-5-8-9;1-2-8-6-4-3-5-7-8/h2*2-8H,1H3;5-8H,1-4H3;5-6H,1-4H3;4-6H,1-3H3;2*2-8H,1H3;3-7H,2H2,1H3/b;;;;;6-2+;6-2-;. The van der Waals surface area contributed by atoms with Crippen molar-refractivity contribution < 1.29 is 0 Å². The summed E-state index contributed by atoms with van der Waals surface area (Å²) in [5, 5.41) is 5.33. The summed E-state index contributed by atoms with van der Waals surface area (Å²) < 4.78 is 0. The van der Waals surface area contributed by atoms with Gasteiger partial charge in [-0.15, -0.1) is 0 Å². The Bertz CT molecular complexity index is 3190. The Balaban J connectivity index is 0.000000235. The number of aryl methyl sites for hydroxylation is 10. The van der Waals surface area contributed by atoms with Crippen molar-refractivity contribution in [1.29, 1.82) is 0 Å². The summed E-state index contributed by atoms with van der Waals surface area (Å²) in [6.07, 6.45) is 9.38. The minimum absolute atomic E-state index is 0.285. The van der Waals surface area contributed by atoms with Gasteiger partial charge in [0.2, 0.25) is 0 Å². The number of hydrogen-bond donors (Lipinski definition) is 0. The zero-order chi connectivity index (χ0) is 57.3. The normalized spacial score (nSPS) is 10.3. The molecule has 0 radical (unpaired) electrons. The molecule has 0 aromatic heterocycles. The summed E-state index contributed by atoms with van der Waals surface area (Å²) >= 11 is 0. The van der Waals surface area contributed by atoms with Crippen LogP contribution in [0.3, 0.4) is 0 Å². The quantitative estimate of drug-likeness (QED) is 0.165. The second-order valence-electron chi connectivity index (χ2n) is 21.0. The maximum absolute atomic E-state index is 2.23. The summed E-state index contributed by atoms with van der Waals surface area (Å²) in [6.45, 7) is 34.3. The van der Waals surface area contributed by atoms with Gasteiger partial charge in [0.25, 0.3) is 0 Å². The van der Waals surface area contributed by atoms with E-state index in [2.05, 4.69) is 297 Å². The van der Waals surface area contributed by atoms with E-state index in [0.29, 0.717) is 0 Å². The smallest absolute Gasteiger partial charge is 0.0132 e. The highest BCUT2D eigenvalue weighted by Crippen LogP contribution is 2.22. The summed E-state index contributed by atoms with van der Waals surface area (Å²) in [6, 6.07) is 80.4. The maximum Gasteiger partial charge on any atom is -0.0132 e. The van der Waals surface area contributed by atoms with E-state index in [9.17, 15) is 0 Å². The lowest BCUT2D eigenvalue weighted by atomic mass is 9.87. The Morgan fingerprint density at radius 1 is 0.321 bits per heavy atom. The fraction of sp³-hybridized carbons (Fsp3) is 0.231. The van der Waals surface area contributed by atoms with Crippen molar-refractivity contribution in [3.8, 4) is 0 Å². The van der Waals surface area contributed by atoms with Crippen LogP contribution in [0.4, 0.5) is 0 Å². The van der Waals surface area contributed by atoms with E-state index in [1.54, 1.807) is 0 Å². The summed E-state index contributed by atoms with van der Waals surface area (Å²) in [5.41, 5.74) is 19.3. The van der Waals surface area contributed by atoms with Gasteiger partial charge in [0, 0.05) is 0 Å². The first kappa shape index (κ1) is 64.5. The summed E-state index contributed by atoms with van der Waals surface area (Å²) in [5.74, 6) is 0. The molecule has 0 bridgehead atoms. The van der Waals surface area contributed by atoms with Gasteiger partial charge in [-0.1, -0.05) is 305 Å². The molecule has 0 spiro atoms. The van der Waals surface area contributed by atoms with Gasteiger partial charge in [0.15, 0.2) is 0 Å². The third kappa shape index (κ3) is 25.4. The fourth-order valence-corrected chi connectivity index (χ4v) is 8.12. The largest absolute Gasteiger partial charge is 0.0871 e. The van der Waals surface area contributed by atoms with Crippen LogP contribution in [0.25, 0.3) is 33.7 Å². The van der Waals surface area contributed by atoms with Gasteiger partial charge >= 0.3 is 0 Å². The number of allylic oxidation sites excluding steroid dienone is 2. The van der Waals surface area contributed by atoms with Crippen LogP contribution in [0.15, 0.2) is 243 Å². The van der Waals surface area contributed by atoms with E-state index in [1.165, 1.54) is 99.4 Å². The van der Waals surface area contributed by atoms with Crippen LogP contribution in [-0.2, 0) is 11.8 Å². The molecule has 10 rings (SSSR count). The minimum atomic E-state index is 0.285. The van der Waals surface area contributed by atoms with E-state index in [0.717, 1.165) is 6.42 Å². The summed E-state index contributed by atoms with van der Waals surface area (Å²) in [7, 11) is 0. The number of fused-ring (bicyclic) bond motifs is 2. The van der Waals surface area contributed by atoms with Crippen LogP contribution in [0.1, 0.15) is 119 Å². The fourth-order valence-electron chi connectivity index (χ4n) is 8.12. The highest BCUT2D eigenvalue weighted by molar-refractivity contribution is 5.85. The lowest BCUT2D eigenvalue weighted by Crippen LogP contribution is -2.10. The predicted octanol–water partition coefficient (Wildman–Crippen LogP) is 22.8. The molecular formula is C78H92. The van der Waals surface area contributed by atoms with Crippen molar-refractivity contribution in [2.45, 2.75) is 123 Å². The zero-order valence-corrected chi connectivity index (χ0v) is 50.5. The number of hydrogen-bond acceptors (Lipinski definition) is 0. The van der Waals surface area contributed by atoms with Gasteiger partial charge in [-0.05, 0) is 172 Å². The monoisotopic (exact) mass is 1030 g/mol. The molecule has 0 N–H and O–H groups in total. The van der Waals surface area contributed by atoms with E-state index in [1.807, 2.05) is 68.5 Å². The van der Waals surface area contributed by atoms with Crippen molar-refractivity contribution in [2.24, 2.45) is 0 Å². The van der Waals surface area contributed by atoms with Gasteiger partial charge < -0.3 is 0 Å². The molecule has 0 nitrogen and oxygen atoms in total. The highest BCUT2D eigenvalue weighted by Gasteiger charge is 2.12. The molecular weight excluding hydrogens is 937 g/mol. The molecule has 78 heavy (non-hydrogen) atoms. The molecule has 0 aliphatic carbocycles. The molecule has 10 aromatic carbocycles. The molecule has 0 aliphatic heterocycles. The van der Waals surface area contributed by atoms with Gasteiger partial charge in [0.05, 0.1) is 0 Å². The van der Waals surface area contributed by atoms with Gasteiger partial charge in [-0.25, -0.2) is 0 Å². The Kier molecular flexibility index (Phi) is 29.4. The SMILES string of the molecule is C/C=C/c1ccccc1.C/C=C\c1ccccc1.CCc1ccccc1.Cc1cc(C)c(C)c(C)c1.Cc1ccc(C(C)(C)C)cc1.Cc1ccc(C)c(C)c1.Cc1ccc2ccccc2c1.Cc1cccc2ccccc12. The molecule has 0 fully saturated rings. The molecule has 0 aliphatic rings. The van der Waals surface area contributed by atoms with Crippen LogP contribution in [0.2, 0.25) is 0 Å². The van der Waals surface area contributed by atoms with Crippen molar-refractivity contribution in [3.63, 3.8) is 0 Å². The van der Waals surface area contributed by atoms with Gasteiger partial charge in [-0.2, -0.15) is 0 Å². The van der Waals surface area contributed by atoms with Crippen molar-refractivity contribution >= 4 is 33.7 Å². The molecule has 0 saturated carbocycles. The number of rotatable bonds is 3. The van der Waals surface area contributed by atoms with Gasteiger partial charge in [0.1, 0.15) is 0 Å². The molecule has 404 valence electrons. The molecule has 10 aromatic rings. The first-order chi connectivity index (χ1) is 37.3. The van der Waals surface area contributed by atoms with Gasteiger partial charge in [-0.3, -0.25) is 0 Å². The topological polar surface area (TPSA) is 0 Å².